The van der Waals surface area contributed by atoms with Gasteiger partial charge in [0.1, 0.15) is 6.54 Å². The highest BCUT2D eigenvalue weighted by Gasteiger charge is 2.49. The van der Waals surface area contributed by atoms with Crippen molar-refractivity contribution < 1.29 is 31.2 Å². The first-order valence-corrected chi connectivity index (χ1v) is 12.8. The summed E-state index contributed by atoms with van der Waals surface area (Å²) in [6, 6.07) is 19.0. The highest BCUT2D eigenvalue weighted by molar-refractivity contribution is 5.81. The van der Waals surface area contributed by atoms with Gasteiger partial charge in [-0.15, -0.1) is 0 Å². The molecule has 0 aliphatic carbocycles. The Morgan fingerprint density at radius 1 is 0.943 bits per heavy atom. The molecule has 1 N–H and O–H groups in total. The van der Waals surface area contributed by atoms with E-state index >= 15 is 0 Å². The van der Waals surface area contributed by atoms with Crippen LogP contribution in [0.25, 0.3) is 0 Å². The molecule has 188 valence electrons. The third-order valence-electron chi connectivity index (χ3n) is 7.94. The number of carbonyl (C=O) groups is 2. The zero-order chi connectivity index (χ0) is 23.4. The first-order valence-electron chi connectivity index (χ1n) is 12.8. The van der Waals surface area contributed by atoms with Crippen LogP contribution in [0.3, 0.4) is 0 Å². The highest BCUT2D eigenvalue weighted by atomic mass is 35.5. The Bertz CT molecular complexity index is 973. The van der Waals surface area contributed by atoms with Gasteiger partial charge >= 0.3 is 5.97 Å². The zero-order valence-electron chi connectivity index (χ0n) is 20.3. The van der Waals surface area contributed by atoms with E-state index in [2.05, 4.69) is 5.32 Å². The molecule has 2 aromatic carbocycles. The molecule has 7 heteroatoms. The number of nitrogens with one attached hydrogen (secondary N) is 1. The van der Waals surface area contributed by atoms with Gasteiger partial charge in [0.15, 0.2) is 18.7 Å². The Labute approximate surface area is 214 Å². The lowest BCUT2D eigenvalue weighted by Crippen LogP contribution is -3.00. The van der Waals surface area contributed by atoms with Gasteiger partial charge in [0.05, 0.1) is 13.1 Å². The Kier molecular flexibility index (Phi) is 8.34. The average molecular weight is 498 g/mol. The van der Waals surface area contributed by atoms with Crippen molar-refractivity contribution in [2.75, 3.05) is 44.6 Å². The van der Waals surface area contributed by atoms with Crippen molar-refractivity contribution in [2.24, 2.45) is 5.92 Å². The maximum atomic E-state index is 13.5. The molecule has 0 aromatic heterocycles. The standard InChI is InChI=1S/C28H36N3O3.ClH/c32-26(30-16-8-3-9-17-30)21-31-18-14-22(15-19-31)25(20-31)34-28(33)27(23-10-4-1-5-11-23)29-24-12-6-2-7-13-24;/h1-2,4-7,10-13,22,25,27,29H,3,8-9,14-21H2;1H/q+1;/p-1/t22?,25-,27?,31?;/m0./s1. The second-order valence-corrected chi connectivity index (χ2v) is 10.2. The molecule has 2 aromatic rings. The molecule has 4 saturated heterocycles. The van der Waals surface area contributed by atoms with E-state index in [1.54, 1.807) is 0 Å². The number of benzene rings is 2. The molecule has 6 rings (SSSR count). The van der Waals surface area contributed by atoms with Crippen molar-refractivity contribution in [3.63, 3.8) is 0 Å². The maximum Gasteiger partial charge on any atom is 0.333 e. The van der Waals surface area contributed by atoms with Gasteiger partial charge in [0, 0.05) is 37.5 Å². The molecule has 1 amide bonds. The fourth-order valence-electron chi connectivity index (χ4n) is 5.95. The molecule has 0 saturated carbocycles. The van der Waals surface area contributed by atoms with Gasteiger partial charge in [-0.25, -0.2) is 4.79 Å². The molecule has 0 radical (unpaired) electrons. The summed E-state index contributed by atoms with van der Waals surface area (Å²) >= 11 is 0. The lowest BCUT2D eigenvalue weighted by atomic mass is 9.83. The van der Waals surface area contributed by atoms with Gasteiger partial charge in [0.25, 0.3) is 5.91 Å². The molecule has 2 bridgehead atoms. The first-order chi connectivity index (χ1) is 16.6. The van der Waals surface area contributed by atoms with Crippen LogP contribution in [0.2, 0.25) is 0 Å². The normalized spacial score (nSPS) is 26.3. The Morgan fingerprint density at radius 3 is 2.23 bits per heavy atom. The van der Waals surface area contributed by atoms with E-state index in [0.29, 0.717) is 12.5 Å². The van der Waals surface area contributed by atoms with Crippen LogP contribution in [-0.4, -0.2) is 66.6 Å². The third kappa shape index (κ3) is 5.99. The second kappa shape index (κ2) is 11.4. The number of likely N-dealkylation sites (tertiary alicyclic amines) is 1. The first kappa shape index (κ1) is 25.5. The van der Waals surface area contributed by atoms with E-state index in [-0.39, 0.29) is 30.4 Å². The summed E-state index contributed by atoms with van der Waals surface area (Å²) in [5, 5.41) is 3.37. The Balaban J connectivity index is 0.00000289. The molecule has 4 aliphatic rings. The number of rotatable bonds is 7. The van der Waals surface area contributed by atoms with Crippen molar-refractivity contribution in [1.82, 2.24) is 4.90 Å². The van der Waals surface area contributed by atoms with E-state index in [4.69, 9.17) is 4.74 Å². The molecule has 4 fully saturated rings. The number of esters is 1. The summed E-state index contributed by atoms with van der Waals surface area (Å²) < 4.78 is 6.99. The minimum atomic E-state index is -0.567. The van der Waals surface area contributed by atoms with Crippen LogP contribution in [0.1, 0.15) is 43.7 Å². The molecular weight excluding hydrogens is 462 g/mol. The molecule has 1 unspecified atom stereocenters. The van der Waals surface area contributed by atoms with Gasteiger partial charge in [-0.3, -0.25) is 4.79 Å². The number of carbonyl (C=O) groups excluding carboxylic acids is 2. The van der Waals surface area contributed by atoms with E-state index in [1.165, 1.54) is 6.42 Å². The van der Waals surface area contributed by atoms with E-state index in [9.17, 15) is 9.59 Å². The Morgan fingerprint density at radius 2 is 1.57 bits per heavy atom. The zero-order valence-corrected chi connectivity index (χ0v) is 21.0. The maximum absolute atomic E-state index is 13.5. The quantitative estimate of drug-likeness (QED) is 0.458. The number of quaternary nitrogens is 1. The van der Waals surface area contributed by atoms with E-state index < -0.39 is 6.04 Å². The van der Waals surface area contributed by atoms with Crippen molar-refractivity contribution >= 4 is 17.6 Å². The Hall–Kier alpha value is -2.57. The van der Waals surface area contributed by atoms with Gasteiger partial charge in [0.2, 0.25) is 0 Å². The van der Waals surface area contributed by atoms with E-state index in [0.717, 1.165) is 74.1 Å². The van der Waals surface area contributed by atoms with Crippen LogP contribution in [0.5, 0.6) is 0 Å². The number of piperidine rings is 4. The second-order valence-electron chi connectivity index (χ2n) is 10.2. The van der Waals surface area contributed by atoms with Crippen LogP contribution in [0.4, 0.5) is 5.69 Å². The number of ether oxygens (including phenoxy) is 1. The van der Waals surface area contributed by atoms with Crippen molar-refractivity contribution in [2.45, 2.75) is 44.2 Å². The van der Waals surface area contributed by atoms with Crippen LogP contribution in [0.15, 0.2) is 60.7 Å². The largest absolute Gasteiger partial charge is 1.00 e. The monoisotopic (exact) mass is 497 g/mol. The number of nitrogens with zero attached hydrogens (tertiary/aromatic N) is 2. The number of halogens is 1. The van der Waals surface area contributed by atoms with Gasteiger partial charge < -0.3 is 31.8 Å². The highest BCUT2D eigenvalue weighted by Crippen LogP contribution is 2.36. The van der Waals surface area contributed by atoms with Crippen LogP contribution in [0, 0.1) is 5.92 Å². The average Bonchev–Trinajstić information content (AvgIpc) is 2.89. The number of fused-ring (bicyclic) bond motifs is 3. The fraction of sp³-hybridized carbons (Fsp3) is 0.500. The number of para-hydroxylation sites is 1. The van der Waals surface area contributed by atoms with Crippen LogP contribution < -0.4 is 17.7 Å². The number of hydrogen-bond acceptors (Lipinski definition) is 4. The summed E-state index contributed by atoms with van der Waals surface area (Å²) in [6.45, 7) is 5.12. The number of amides is 1. The number of hydrogen-bond donors (Lipinski definition) is 1. The van der Waals surface area contributed by atoms with Crippen molar-refractivity contribution in [1.29, 1.82) is 0 Å². The summed E-state index contributed by atoms with van der Waals surface area (Å²) in [5.41, 5.74) is 1.78. The molecule has 6 nitrogen and oxygen atoms in total. The topological polar surface area (TPSA) is 58.6 Å². The summed E-state index contributed by atoms with van der Waals surface area (Å²) in [5.74, 6) is 0.425. The van der Waals surface area contributed by atoms with Crippen molar-refractivity contribution in [3.8, 4) is 0 Å². The molecule has 35 heavy (non-hydrogen) atoms. The van der Waals surface area contributed by atoms with E-state index in [1.807, 2.05) is 65.6 Å². The van der Waals surface area contributed by atoms with Crippen LogP contribution in [-0.2, 0) is 14.3 Å². The lowest BCUT2D eigenvalue weighted by Gasteiger charge is -2.52. The third-order valence-corrected chi connectivity index (χ3v) is 7.94. The van der Waals surface area contributed by atoms with Crippen LogP contribution >= 0.6 is 0 Å². The summed E-state index contributed by atoms with van der Waals surface area (Å²) in [6.07, 6.45) is 5.36. The minimum absolute atomic E-state index is 0. The molecule has 0 spiro atoms. The van der Waals surface area contributed by atoms with Gasteiger partial charge in [-0.05, 0) is 37.0 Å². The molecule has 2 atom stereocenters. The number of anilines is 1. The SMILES string of the molecule is O=C(O[C@H]1C[N+]2(CC(=O)N3CCCCC3)CCC1CC2)C(Nc1ccccc1)c1ccccc1.[Cl-]. The minimum Gasteiger partial charge on any atom is -1.00 e. The lowest BCUT2D eigenvalue weighted by molar-refractivity contribution is -0.939. The predicted molar refractivity (Wildman–Crippen MR) is 132 cm³/mol. The summed E-state index contributed by atoms with van der Waals surface area (Å²) in [4.78, 5) is 28.6. The fourth-order valence-corrected chi connectivity index (χ4v) is 5.95. The van der Waals surface area contributed by atoms with Gasteiger partial charge in [-0.1, -0.05) is 48.5 Å². The molecule has 4 aliphatic heterocycles. The summed E-state index contributed by atoms with van der Waals surface area (Å²) in [7, 11) is 0. The molecule has 4 heterocycles. The van der Waals surface area contributed by atoms with Gasteiger partial charge in [-0.2, -0.15) is 0 Å². The van der Waals surface area contributed by atoms with Crippen molar-refractivity contribution in [3.05, 3.63) is 66.2 Å². The molecular formula is C28H36ClN3O3. The predicted octanol–water partition coefficient (Wildman–Crippen LogP) is 1.01. The smallest absolute Gasteiger partial charge is 0.333 e.